The van der Waals surface area contributed by atoms with Crippen molar-refractivity contribution in [1.82, 2.24) is 14.1 Å². The Morgan fingerprint density at radius 2 is 1.57 bits per heavy atom. The van der Waals surface area contributed by atoms with Gasteiger partial charge in [-0.15, -0.1) is 11.3 Å². The molecule has 0 aliphatic carbocycles. The van der Waals surface area contributed by atoms with Crippen molar-refractivity contribution in [3.8, 4) is 0 Å². The first kappa shape index (κ1) is 31.8. The fraction of sp³-hybridized carbons (Fsp3) is 0.552. The number of sulfonamides is 1. The van der Waals surface area contributed by atoms with Crippen LogP contribution in [0.1, 0.15) is 91.5 Å². The summed E-state index contributed by atoms with van der Waals surface area (Å²) >= 11 is 1.32. The van der Waals surface area contributed by atoms with E-state index in [0.717, 1.165) is 36.1 Å². The standard InChI is InChI=1S/C29H42N4O5S2/c1-6-10-17-33(18-11-7-2)40(37,38)23-14-12-22(13-15-23)27(35)30-28-26(29(36)31(8-3)9-4)24-16-19-32(21(5)34)20-25(24)39-28/h12-15H,6-11,16-20H2,1-5H3,(H,30,35). The molecule has 1 N–H and O–H groups in total. The van der Waals surface area contributed by atoms with Gasteiger partial charge in [0.2, 0.25) is 15.9 Å². The van der Waals surface area contributed by atoms with Crippen LogP contribution in [0.25, 0.3) is 0 Å². The molecule has 40 heavy (non-hydrogen) atoms. The molecule has 3 amide bonds. The highest BCUT2D eigenvalue weighted by atomic mass is 32.2. The van der Waals surface area contributed by atoms with Gasteiger partial charge in [-0.05, 0) is 62.9 Å². The number of hydrogen-bond acceptors (Lipinski definition) is 6. The molecule has 0 radical (unpaired) electrons. The second-order valence-corrected chi connectivity index (χ2v) is 13.0. The van der Waals surface area contributed by atoms with Crippen molar-refractivity contribution in [2.75, 3.05) is 38.0 Å². The monoisotopic (exact) mass is 590 g/mol. The fourth-order valence-corrected chi connectivity index (χ4v) is 7.55. The molecule has 9 nitrogen and oxygen atoms in total. The molecular formula is C29H42N4O5S2. The molecule has 0 saturated carbocycles. The minimum Gasteiger partial charge on any atom is -0.339 e. The zero-order valence-electron chi connectivity index (χ0n) is 24.3. The van der Waals surface area contributed by atoms with Gasteiger partial charge in [-0.2, -0.15) is 4.31 Å². The van der Waals surface area contributed by atoms with Gasteiger partial charge in [0, 0.05) is 50.1 Å². The number of nitrogens with zero attached hydrogens (tertiary/aromatic N) is 3. The molecular weight excluding hydrogens is 548 g/mol. The summed E-state index contributed by atoms with van der Waals surface area (Å²) in [7, 11) is -3.67. The number of hydrogen-bond donors (Lipinski definition) is 1. The number of thiophene rings is 1. The number of rotatable bonds is 13. The van der Waals surface area contributed by atoms with Crippen molar-refractivity contribution in [1.29, 1.82) is 0 Å². The van der Waals surface area contributed by atoms with Crippen LogP contribution in [0, 0.1) is 0 Å². The fourth-order valence-electron chi connectivity index (χ4n) is 4.78. The number of benzene rings is 1. The number of carbonyl (C=O) groups is 3. The molecule has 1 aliphatic heterocycles. The number of unbranched alkanes of at least 4 members (excludes halogenated alkanes) is 2. The van der Waals surface area contributed by atoms with Crippen LogP contribution in [-0.4, -0.2) is 73.0 Å². The average molecular weight is 591 g/mol. The van der Waals surface area contributed by atoms with Crippen LogP contribution < -0.4 is 5.32 Å². The zero-order valence-corrected chi connectivity index (χ0v) is 25.9. The summed E-state index contributed by atoms with van der Waals surface area (Å²) in [6.45, 7) is 12.4. The SMILES string of the molecule is CCCCN(CCCC)S(=O)(=O)c1ccc(C(=O)Nc2sc3c(c2C(=O)N(CC)CC)CCN(C(C)=O)C3)cc1. The van der Waals surface area contributed by atoms with Crippen molar-refractivity contribution in [2.45, 2.75) is 78.2 Å². The van der Waals surface area contributed by atoms with Crippen LogP contribution in [0.3, 0.4) is 0 Å². The van der Waals surface area contributed by atoms with Crippen molar-refractivity contribution >= 4 is 44.1 Å². The summed E-state index contributed by atoms with van der Waals surface area (Å²) in [5.74, 6) is -0.595. The van der Waals surface area contributed by atoms with Gasteiger partial charge in [0.1, 0.15) is 5.00 Å². The normalized spacial score (nSPS) is 13.3. The van der Waals surface area contributed by atoms with Crippen LogP contribution in [0.15, 0.2) is 29.2 Å². The lowest BCUT2D eigenvalue weighted by molar-refractivity contribution is -0.129. The minimum atomic E-state index is -3.67. The van der Waals surface area contributed by atoms with Crippen molar-refractivity contribution < 1.29 is 22.8 Å². The minimum absolute atomic E-state index is 0.0285. The Balaban J connectivity index is 1.88. The number of amides is 3. The predicted octanol–water partition coefficient (Wildman–Crippen LogP) is 4.98. The highest BCUT2D eigenvalue weighted by molar-refractivity contribution is 7.89. The van der Waals surface area contributed by atoms with Gasteiger partial charge in [0.25, 0.3) is 11.8 Å². The highest BCUT2D eigenvalue weighted by Crippen LogP contribution is 2.38. The molecule has 1 aromatic heterocycles. The summed E-state index contributed by atoms with van der Waals surface area (Å²) < 4.78 is 28.1. The second kappa shape index (κ2) is 14.2. The maximum absolute atomic E-state index is 13.5. The van der Waals surface area contributed by atoms with E-state index in [0.29, 0.717) is 61.8 Å². The lowest BCUT2D eigenvalue weighted by Crippen LogP contribution is -2.35. The van der Waals surface area contributed by atoms with Crippen molar-refractivity contribution in [2.24, 2.45) is 0 Å². The van der Waals surface area contributed by atoms with Gasteiger partial charge in [-0.3, -0.25) is 14.4 Å². The van der Waals surface area contributed by atoms with E-state index in [1.807, 2.05) is 27.7 Å². The van der Waals surface area contributed by atoms with Crippen LogP contribution in [0.2, 0.25) is 0 Å². The van der Waals surface area contributed by atoms with Gasteiger partial charge in [-0.25, -0.2) is 8.42 Å². The Labute approximate surface area is 242 Å². The zero-order chi connectivity index (χ0) is 29.4. The Kier molecular flexibility index (Phi) is 11.3. The quantitative estimate of drug-likeness (QED) is 0.354. The summed E-state index contributed by atoms with van der Waals surface area (Å²) in [6, 6.07) is 5.97. The summed E-state index contributed by atoms with van der Waals surface area (Å²) in [4.78, 5) is 43.3. The van der Waals surface area contributed by atoms with Crippen LogP contribution in [-0.2, 0) is 27.8 Å². The van der Waals surface area contributed by atoms with Crippen LogP contribution in [0.4, 0.5) is 5.00 Å². The third-order valence-electron chi connectivity index (χ3n) is 7.27. The molecule has 0 saturated heterocycles. The van der Waals surface area contributed by atoms with Crippen LogP contribution in [0.5, 0.6) is 0 Å². The van der Waals surface area contributed by atoms with E-state index >= 15 is 0 Å². The molecule has 2 aromatic rings. The molecule has 3 rings (SSSR count). The topological polar surface area (TPSA) is 107 Å². The lowest BCUT2D eigenvalue weighted by atomic mass is 10.0. The smallest absolute Gasteiger partial charge is 0.257 e. The van der Waals surface area contributed by atoms with Gasteiger partial charge in [0.05, 0.1) is 17.0 Å². The molecule has 0 spiro atoms. The Morgan fingerprint density at radius 1 is 0.975 bits per heavy atom. The molecule has 0 unspecified atom stereocenters. The first-order valence-corrected chi connectivity index (χ1v) is 16.4. The number of fused-ring (bicyclic) bond motifs is 1. The third-order valence-corrected chi connectivity index (χ3v) is 10.3. The predicted molar refractivity (Wildman–Crippen MR) is 159 cm³/mol. The average Bonchev–Trinajstić information content (AvgIpc) is 3.30. The van der Waals surface area contributed by atoms with E-state index in [4.69, 9.17) is 0 Å². The first-order valence-electron chi connectivity index (χ1n) is 14.2. The maximum atomic E-state index is 13.5. The van der Waals surface area contributed by atoms with Crippen LogP contribution >= 0.6 is 11.3 Å². The van der Waals surface area contributed by atoms with Gasteiger partial charge < -0.3 is 15.1 Å². The van der Waals surface area contributed by atoms with Gasteiger partial charge in [-0.1, -0.05) is 26.7 Å². The molecule has 11 heteroatoms. The Bertz CT molecular complexity index is 1290. The van der Waals surface area contributed by atoms with E-state index in [1.165, 1.54) is 46.8 Å². The first-order chi connectivity index (χ1) is 19.1. The number of carbonyl (C=O) groups excluding carboxylic acids is 3. The maximum Gasteiger partial charge on any atom is 0.257 e. The molecule has 220 valence electrons. The van der Waals surface area contributed by atoms with Gasteiger partial charge in [0.15, 0.2) is 0 Å². The molecule has 2 heterocycles. The third kappa shape index (κ3) is 7.11. The summed E-state index contributed by atoms with van der Waals surface area (Å²) in [5, 5.41) is 3.38. The van der Waals surface area contributed by atoms with E-state index in [-0.39, 0.29) is 16.7 Å². The van der Waals surface area contributed by atoms with E-state index < -0.39 is 15.9 Å². The summed E-state index contributed by atoms with van der Waals surface area (Å²) in [6.07, 6.45) is 3.91. The lowest BCUT2D eigenvalue weighted by Gasteiger charge is -2.27. The van der Waals surface area contributed by atoms with E-state index in [1.54, 1.807) is 9.80 Å². The number of anilines is 1. The molecule has 0 bridgehead atoms. The molecule has 0 atom stereocenters. The second-order valence-electron chi connectivity index (χ2n) is 9.97. The van der Waals surface area contributed by atoms with Gasteiger partial charge >= 0.3 is 0 Å². The molecule has 0 fully saturated rings. The highest BCUT2D eigenvalue weighted by Gasteiger charge is 2.31. The molecule has 1 aromatic carbocycles. The van der Waals surface area contributed by atoms with E-state index in [9.17, 15) is 22.8 Å². The Hall–Kier alpha value is -2.76. The Morgan fingerprint density at radius 3 is 2.10 bits per heavy atom. The van der Waals surface area contributed by atoms with Crippen molar-refractivity contribution in [3.05, 3.63) is 45.8 Å². The van der Waals surface area contributed by atoms with E-state index in [2.05, 4.69) is 5.32 Å². The number of nitrogens with one attached hydrogen (secondary N) is 1. The molecule has 1 aliphatic rings. The largest absolute Gasteiger partial charge is 0.339 e. The van der Waals surface area contributed by atoms with Crippen molar-refractivity contribution in [3.63, 3.8) is 0 Å². The summed E-state index contributed by atoms with van der Waals surface area (Å²) in [5.41, 5.74) is 1.67.